The highest BCUT2D eigenvalue weighted by Gasteiger charge is 2.39. The molecule has 1 atom stereocenters. The van der Waals surface area contributed by atoms with Crippen molar-refractivity contribution in [3.05, 3.63) is 42.1 Å². The van der Waals surface area contributed by atoms with E-state index in [4.69, 9.17) is 0 Å². The van der Waals surface area contributed by atoms with Crippen molar-refractivity contribution in [2.45, 2.75) is 31.3 Å². The molecule has 1 aromatic carbocycles. The lowest BCUT2D eigenvalue weighted by atomic mass is 10.1. The molecule has 2 aliphatic rings. The molecule has 0 spiro atoms. The average molecular weight is 310 g/mol. The molecule has 0 unspecified atom stereocenters. The standard InChI is InChI=1S/C17H18N4O2/c22-16-8-12(10-21(16)13-6-7-13)18-17(23)15-9-14(19-20-15)11-4-2-1-3-5-11/h1-5,9,12-13H,6-8,10H2,(H,18,23)(H,19,20)/t12-/m1/s1. The first kappa shape index (κ1) is 14.0. The summed E-state index contributed by atoms with van der Waals surface area (Å²) in [6.07, 6.45) is 2.57. The monoisotopic (exact) mass is 310 g/mol. The van der Waals surface area contributed by atoms with E-state index in [1.165, 1.54) is 0 Å². The van der Waals surface area contributed by atoms with Crippen molar-refractivity contribution in [3.8, 4) is 11.3 Å². The molecule has 1 saturated carbocycles. The molecule has 2 fully saturated rings. The first-order valence-electron chi connectivity index (χ1n) is 7.92. The largest absolute Gasteiger partial charge is 0.346 e. The Morgan fingerprint density at radius 1 is 1.26 bits per heavy atom. The number of rotatable bonds is 4. The molecular weight excluding hydrogens is 292 g/mol. The third kappa shape index (κ3) is 2.84. The van der Waals surface area contributed by atoms with Gasteiger partial charge in [-0.3, -0.25) is 14.7 Å². The summed E-state index contributed by atoms with van der Waals surface area (Å²) in [5, 5.41) is 9.89. The third-order valence-electron chi connectivity index (χ3n) is 4.37. The van der Waals surface area contributed by atoms with E-state index in [1.807, 2.05) is 35.2 Å². The molecule has 23 heavy (non-hydrogen) atoms. The normalized spacial score (nSPS) is 20.8. The van der Waals surface area contributed by atoms with Gasteiger partial charge in [-0.25, -0.2) is 0 Å². The Balaban J connectivity index is 1.42. The second-order valence-corrected chi connectivity index (χ2v) is 6.18. The van der Waals surface area contributed by atoms with Crippen LogP contribution in [0.5, 0.6) is 0 Å². The molecule has 2 amide bonds. The molecule has 6 heteroatoms. The van der Waals surface area contributed by atoms with Gasteiger partial charge in [0.25, 0.3) is 5.91 Å². The summed E-state index contributed by atoms with van der Waals surface area (Å²) >= 11 is 0. The smallest absolute Gasteiger partial charge is 0.269 e. The van der Waals surface area contributed by atoms with Gasteiger partial charge in [0.15, 0.2) is 0 Å². The van der Waals surface area contributed by atoms with E-state index < -0.39 is 0 Å². The van der Waals surface area contributed by atoms with Crippen molar-refractivity contribution in [1.82, 2.24) is 20.4 Å². The van der Waals surface area contributed by atoms with Crippen molar-refractivity contribution in [2.24, 2.45) is 0 Å². The molecule has 1 aromatic heterocycles. The van der Waals surface area contributed by atoms with Gasteiger partial charge in [0.05, 0.1) is 11.7 Å². The van der Waals surface area contributed by atoms with Crippen molar-refractivity contribution in [3.63, 3.8) is 0 Å². The number of benzene rings is 1. The Labute approximate surface area is 133 Å². The maximum Gasteiger partial charge on any atom is 0.269 e. The number of aromatic amines is 1. The van der Waals surface area contributed by atoms with Gasteiger partial charge in [0.2, 0.25) is 5.91 Å². The van der Waals surface area contributed by atoms with E-state index in [0.717, 1.165) is 24.1 Å². The molecule has 2 aromatic rings. The molecule has 2 heterocycles. The Hall–Kier alpha value is -2.63. The van der Waals surface area contributed by atoms with Crippen molar-refractivity contribution >= 4 is 11.8 Å². The summed E-state index contributed by atoms with van der Waals surface area (Å²) < 4.78 is 0. The van der Waals surface area contributed by atoms with Gasteiger partial charge in [-0.05, 0) is 18.9 Å². The Bertz CT molecular complexity index is 736. The first-order chi connectivity index (χ1) is 11.2. The lowest BCUT2D eigenvalue weighted by molar-refractivity contribution is -0.128. The minimum absolute atomic E-state index is 0.112. The lowest BCUT2D eigenvalue weighted by Crippen LogP contribution is -2.37. The summed E-state index contributed by atoms with van der Waals surface area (Å²) in [5.74, 6) is -0.0671. The minimum atomic E-state index is -0.213. The second-order valence-electron chi connectivity index (χ2n) is 6.18. The van der Waals surface area contributed by atoms with Gasteiger partial charge in [0.1, 0.15) is 5.69 Å². The number of aromatic nitrogens is 2. The van der Waals surface area contributed by atoms with Gasteiger partial charge >= 0.3 is 0 Å². The summed E-state index contributed by atoms with van der Waals surface area (Å²) in [6, 6.07) is 11.7. The van der Waals surface area contributed by atoms with Gasteiger partial charge in [-0.2, -0.15) is 5.10 Å². The average Bonchev–Trinajstić information content (AvgIpc) is 3.16. The van der Waals surface area contributed by atoms with Crippen LogP contribution >= 0.6 is 0 Å². The maximum absolute atomic E-state index is 12.3. The van der Waals surface area contributed by atoms with Crippen LogP contribution in [0, 0.1) is 0 Å². The zero-order valence-electron chi connectivity index (χ0n) is 12.7. The number of hydrogen-bond acceptors (Lipinski definition) is 3. The van der Waals surface area contributed by atoms with Crippen LogP contribution < -0.4 is 5.32 Å². The van der Waals surface area contributed by atoms with Gasteiger partial charge < -0.3 is 10.2 Å². The topological polar surface area (TPSA) is 78.1 Å². The van der Waals surface area contributed by atoms with Crippen molar-refractivity contribution in [1.29, 1.82) is 0 Å². The number of likely N-dealkylation sites (tertiary alicyclic amines) is 1. The highest BCUT2D eigenvalue weighted by atomic mass is 16.2. The molecule has 118 valence electrons. The lowest BCUT2D eigenvalue weighted by Gasteiger charge is -2.15. The number of amides is 2. The number of H-pyrrole nitrogens is 1. The van der Waals surface area contributed by atoms with Gasteiger partial charge in [-0.15, -0.1) is 0 Å². The van der Waals surface area contributed by atoms with Crippen LogP contribution in [0.4, 0.5) is 0 Å². The molecule has 1 aliphatic heterocycles. The molecule has 2 N–H and O–H groups in total. The molecule has 1 saturated heterocycles. The fraction of sp³-hybridized carbons (Fsp3) is 0.353. The number of hydrogen-bond donors (Lipinski definition) is 2. The fourth-order valence-corrected chi connectivity index (χ4v) is 3.03. The summed E-state index contributed by atoms with van der Waals surface area (Å²) in [4.78, 5) is 26.2. The van der Waals surface area contributed by atoms with Crippen LogP contribution in [0.1, 0.15) is 29.8 Å². The van der Waals surface area contributed by atoms with E-state index in [0.29, 0.717) is 24.7 Å². The first-order valence-corrected chi connectivity index (χ1v) is 7.92. The number of carbonyl (C=O) groups is 2. The predicted molar refractivity (Wildman–Crippen MR) is 84.6 cm³/mol. The Morgan fingerprint density at radius 3 is 2.78 bits per heavy atom. The predicted octanol–water partition coefficient (Wildman–Crippen LogP) is 1.57. The van der Waals surface area contributed by atoms with Crippen LogP contribution in [0.2, 0.25) is 0 Å². The second kappa shape index (κ2) is 5.53. The fourth-order valence-electron chi connectivity index (χ4n) is 3.03. The molecule has 6 nitrogen and oxygen atoms in total. The highest BCUT2D eigenvalue weighted by Crippen LogP contribution is 2.30. The zero-order valence-corrected chi connectivity index (χ0v) is 12.7. The maximum atomic E-state index is 12.3. The van der Waals surface area contributed by atoms with Crippen molar-refractivity contribution < 1.29 is 9.59 Å². The Kier molecular flexibility index (Phi) is 3.37. The van der Waals surface area contributed by atoms with E-state index in [-0.39, 0.29) is 17.9 Å². The van der Waals surface area contributed by atoms with Crippen LogP contribution in [0.3, 0.4) is 0 Å². The molecular formula is C17H18N4O2. The van der Waals surface area contributed by atoms with Gasteiger partial charge in [-0.1, -0.05) is 30.3 Å². The molecule has 0 radical (unpaired) electrons. The SMILES string of the molecule is O=C(N[C@@H]1CC(=O)N(C2CC2)C1)c1cc(-c2ccccc2)n[nH]1. The number of carbonyl (C=O) groups excluding carboxylic acids is 2. The van der Waals surface area contributed by atoms with Crippen LogP contribution in [0.15, 0.2) is 36.4 Å². The molecule has 0 bridgehead atoms. The van der Waals surface area contributed by atoms with Crippen LogP contribution in [-0.2, 0) is 4.79 Å². The van der Waals surface area contributed by atoms with E-state index >= 15 is 0 Å². The Morgan fingerprint density at radius 2 is 2.04 bits per heavy atom. The van der Waals surface area contributed by atoms with Crippen LogP contribution in [0.25, 0.3) is 11.3 Å². The summed E-state index contributed by atoms with van der Waals surface area (Å²) in [7, 11) is 0. The summed E-state index contributed by atoms with van der Waals surface area (Å²) in [5.41, 5.74) is 2.11. The minimum Gasteiger partial charge on any atom is -0.346 e. The van der Waals surface area contributed by atoms with Crippen LogP contribution in [-0.4, -0.2) is 45.5 Å². The van der Waals surface area contributed by atoms with E-state index in [1.54, 1.807) is 6.07 Å². The quantitative estimate of drug-likeness (QED) is 0.900. The summed E-state index contributed by atoms with van der Waals surface area (Å²) in [6.45, 7) is 0.620. The van der Waals surface area contributed by atoms with Gasteiger partial charge in [0, 0.05) is 24.6 Å². The van der Waals surface area contributed by atoms with E-state index in [2.05, 4.69) is 15.5 Å². The zero-order chi connectivity index (χ0) is 15.8. The third-order valence-corrected chi connectivity index (χ3v) is 4.37. The van der Waals surface area contributed by atoms with E-state index in [9.17, 15) is 9.59 Å². The van der Waals surface area contributed by atoms with Crippen molar-refractivity contribution in [2.75, 3.05) is 6.54 Å². The number of nitrogens with one attached hydrogen (secondary N) is 2. The highest BCUT2D eigenvalue weighted by molar-refractivity contribution is 5.94. The molecule has 4 rings (SSSR count). The molecule has 1 aliphatic carbocycles. The number of nitrogens with zero attached hydrogens (tertiary/aromatic N) is 2.